The highest BCUT2D eigenvalue weighted by molar-refractivity contribution is 6.36. The molecule has 0 unspecified atom stereocenters. The van der Waals surface area contributed by atoms with Crippen molar-refractivity contribution in [3.63, 3.8) is 0 Å². The number of halogens is 2. The quantitative estimate of drug-likeness (QED) is 0.615. The molecule has 0 spiro atoms. The van der Waals surface area contributed by atoms with E-state index in [0.717, 1.165) is 18.4 Å². The van der Waals surface area contributed by atoms with Gasteiger partial charge < -0.3 is 14.7 Å². The van der Waals surface area contributed by atoms with Gasteiger partial charge >= 0.3 is 6.03 Å². The van der Waals surface area contributed by atoms with Gasteiger partial charge in [-0.05, 0) is 31.0 Å². The van der Waals surface area contributed by atoms with Crippen LogP contribution in [0.5, 0.6) is 0 Å². The Morgan fingerprint density at radius 3 is 2.57 bits per heavy atom. The molecular weight excluding hydrogens is 399 g/mol. The highest BCUT2D eigenvalue weighted by Crippen LogP contribution is 2.30. The fourth-order valence-electron chi connectivity index (χ4n) is 3.22. The van der Waals surface area contributed by atoms with Gasteiger partial charge in [-0.2, -0.15) is 4.98 Å². The zero-order valence-electron chi connectivity index (χ0n) is 14.9. The van der Waals surface area contributed by atoms with Crippen LogP contribution in [0.1, 0.15) is 24.7 Å². The number of likely N-dealkylation sites (tertiary alicyclic amines) is 1. The molecule has 1 N–H and O–H groups in total. The Morgan fingerprint density at radius 1 is 1.11 bits per heavy atom. The number of aromatic nitrogens is 2. The molecule has 0 bridgehead atoms. The molecule has 0 atom stereocenters. The molecule has 1 fully saturated rings. The Hall–Kier alpha value is -2.57. The largest absolute Gasteiger partial charge is 0.339 e. The van der Waals surface area contributed by atoms with E-state index in [1.54, 1.807) is 23.1 Å². The third kappa shape index (κ3) is 4.13. The number of anilines is 1. The molecule has 1 aromatic heterocycles. The van der Waals surface area contributed by atoms with E-state index < -0.39 is 0 Å². The van der Waals surface area contributed by atoms with E-state index in [-0.39, 0.29) is 11.9 Å². The van der Waals surface area contributed by atoms with E-state index in [4.69, 9.17) is 27.7 Å². The van der Waals surface area contributed by atoms with Crippen molar-refractivity contribution in [3.05, 3.63) is 64.5 Å². The van der Waals surface area contributed by atoms with Crippen LogP contribution in [-0.4, -0.2) is 34.2 Å². The van der Waals surface area contributed by atoms with Crippen LogP contribution in [-0.2, 0) is 0 Å². The second kappa shape index (κ2) is 8.20. The Labute approximate surface area is 172 Å². The molecule has 1 saturated heterocycles. The van der Waals surface area contributed by atoms with Crippen LogP contribution in [0, 0.1) is 0 Å². The van der Waals surface area contributed by atoms with Crippen molar-refractivity contribution >= 4 is 34.9 Å². The number of amides is 2. The average Bonchev–Trinajstić information content (AvgIpc) is 3.21. The molecule has 2 heterocycles. The highest BCUT2D eigenvalue weighted by atomic mass is 35.5. The summed E-state index contributed by atoms with van der Waals surface area (Å²) in [5, 5.41) is 7.85. The summed E-state index contributed by atoms with van der Waals surface area (Å²) in [4.78, 5) is 18.8. The first-order chi connectivity index (χ1) is 13.6. The third-order valence-corrected chi connectivity index (χ3v) is 5.33. The van der Waals surface area contributed by atoms with Gasteiger partial charge in [0.1, 0.15) is 0 Å². The molecule has 8 heteroatoms. The lowest BCUT2D eigenvalue weighted by atomic mass is 9.97. The standard InChI is InChI=1S/C20H18Cl2N4O2/c21-15-6-7-17(16(22)12-15)23-20(27)26-10-8-14(9-11-26)19-24-18(25-28-19)13-4-2-1-3-5-13/h1-7,12,14H,8-11H2,(H,23,27). The van der Waals surface area contributed by atoms with Crippen molar-refractivity contribution in [1.29, 1.82) is 0 Å². The van der Waals surface area contributed by atoms with Crippen molar-refractivity contribution in [2.45, 2.75) is 18.8 Å². The van der Waals surface area contributed by atoms with Crippen LogP contribution >= 0.6 is 23.2 Å². The predicted octanol–water partition coefficient (Wildman–Crippen LogP) is 5.45. The fourth-order valence-corrected chi connectivity index (χ4v) is 3.68. The number of nitrogens with one attached hydrogen (secondary N) is 1. The average molecular weight is 417 g/mol. The molecule has 3 aromatic rings. The molecule has 144 valence electrons. The van der Waals surface area contributed by atoms with Gasteiger partial charge in [-0.25, -0.2) is 4.79 Å². The van der Waals surface area contributed by atoms with Crippen molar-refractivity contribution in [2.24, 2.45) is 0 Å². The monoisotopic (exact) mass is 416 g/mol. The first kappa shape index (κ1) is 18.8. The van der Waals surface area contributed by atoms with E-state index in [1.807, 2.05) is 30.3 Å². The fraction of sp³-hybridized carbons (Fsp3) is 0.250. The second-order valence-electron chi connectivity index (χ2n) is 6.64. The number of hydrogen-bond donors (Lipinski definition) is 1. The lowest BCUT2D eigenvalue weighted by Crippen LogP contribution is -2.40. The van der Waals surface area contributed by atoms with Gasteiger partial charge in [-0.15, -0.1) is 0 Å². The van der Waals surface area contributed by atoms with Crippen LogP contribution in [0.4, 0.5) is 10.5 Å². The lowest BCUT2D eigenvalue weighted by molar-refractivity contribution is 0.187. The van der Waals surface area contributed by atoms with Crippen LogP contribution < -0.4 is 5.32 Å². The van der Waals surface area contributed by atoms with Gasteiger partial charge in [0, 0.05) is 29.6 Å². The summed E-state index contributed by atoms with van der Waals surface area (Å²) in [7, 11) is 0. The van der Waals surface area contributed by atoms with E-state index >= 15 is 0 Å². The number of benzene rings is 2. The molecule has 2 aromatic carbocycles. The van der Waals surface area contributed by atoms with E-state index in [0.29, 0.717) is 40.5 Å². The zero-order valence-corrected chi connectivity index (χ0v) is 16.5. The lowest BCUT2D eigenvalue weighted by Gasteiger charge is -2.30. The zero-order chi connectivity index (χ0) is 19.5. The Kier molecular flexibility index (Phi) is 5.50. The number of carbonyl (C=O) groups excluding carboxylic acids is 1. The molecule has 2 amide bonds. The summed E-state index contributed by atoms with van der Waals surface area (Å²) >= 11 is 12.0. The Morgan fingerprint density at radius 2 is 1.86 bits per heavy atom. The van der Waals surface area contributed by atoms with Crippen LogP contribution in [0.25, 0.3) is 11.4 Å². The molecule has 1 aliphatic rings. The van der Waals surface area contributed by atoms with Crippen molar-refractivity contribution < 1.29 is 9.32 Å². The SMILES string of the molecule is O=C(Nc1ccc(Cl)cc1Cl)N1CCC(c2nc(-c3ccccc3)no2)CC1. The van der Waals surface area contributed by atoms with Crippen LogP contribution in [0.15, 0.2) is 53.1 Å². The molecule has 1 aliphatic heterocycles. The van der Waals surface area contributed by atoms with Crippen LogP contribution in [0.3, 0.4) is 0 Å². The van der Waals surface area contributed by atoms with Gasteiger partial charge in [-0.3, -0.25) is 0 Å². The number of nitrogens with zero attached hydrogens (tertiary/aromatic N) is 3. The summed E-state index contributed by atoms with van der Waals surface area (Å²) in [6, 6.07) is 14.5. The molecule has 0 radical (unpaired) electrons. The van der Waals surface area contributed by atoms with Gasteiger partial charge in [-0.1, -0.05) is 58.7 Å². The maximum absolute atomic E-state index is 12.5. The minimum absolute atomic E-state index is 0.146. The summed E-state index contributed by atoms with van der Waals surface area (Å²) in [5.41, 5.74) is 1.47. The normalized spacial score (nSPS) is 14.9. The molecule has 28 heavy (non-hydrogen) atoms. The number of carbonyl (C=O) groups is 1. The van der Waals surface area contributed by atoms with Gasteiger partial charge in [0.25, 0.3) is 0 Å². The van der Waals surface area contributed by atoms with Crippen molar-refractivity contribution in [3.8, 4) is 11.4 Å². The van der Waals surface area contributed by atoms with E-state index in [9.17, 15) is 4.79 Å². The second-order valence-corrected chi connectivity index (χ2v) is 7.48. The number of piperidine rings is 1. The minimum Gasteiger partial charge on any atom is -0.339 e. The summed E-state index contributed by atoms with van der Waals surface area (Å²) in [6.07, 6.45) is 1.52. The van der Waals surface area contributed by atoms with Crippen molar-refractivity contribution in [1.82, 2.24) is 15.0 Å². The Bertz CT molecular complexity index is 969. The smallest absolute Gasteiger partial charge is 0.321 e. The van der Waals surface area contributed by atoms with Gasteiger partial charge in [0.2, 0.25) is 11.7 Å². The topological polar surface area (TPSA) is 71.3 Å². The maximum Gasteiger partial charge on any atom is 0.321 e. The minimum atomic E-state index is -0.182. The van der Waals surface area contributed by atoms with Crippen molar-refractivity contribution in [2.75, 3.05) is 18.4 Å². The van der Waals surface area contributed by atoms with E-state index in [2.05, 4.69) is 15.5 Å². The first-order valence-corrected chi connectivity index (χ1v) is 9.76. The summed E-state index contributed by atoms with van der Waals surface area (Å²) in [5.74, 6) is 1.36. The molecule has 6 nitrogen and oxygen atoms in total. The Balaban J connectivity index is 1.35. The maximum atomic E-state index is 12.5. The van der Waals surface area contributed by atoms with Crippen LogP contribution in [0.2, 0.25) is 10.0 Å². The number of hydrogen-bond acceptors (Lipinski definition) is 4. The van der Waals surface area contributed by atoms with Gasteiger partial charge in [0.05, 0.1) is 10.7 Å². The molecule has 0 saturated carbocycles. The van der Waals surface area contributed by atoms with E-state index in [1.165, 1.54) is 0 Å². The molecule has 0 aliphatic carbocycles. The third-order valence-electron chi connectivity index (χ3n) is 4.78. The highest BCUT2D eigenvalue weighted by Gasteiger charge is 2.28. The number of urea groups is 1. The van der Waals surface area contributed by atoms with Gasteiger partial charge in [0.15, 0.2) is 0 Å². The number of rotatable bonds is 3. The summed E-state index contributed by atoms with van der Waals surface area (Å²) in [6.45, 7) is 1.20. The molecule has 4 rings (SSSR count). The molecular formula is C20H18Cl2N4O2. The predicted molar refractivity (Wildman–Crippen MR) is 109 cm³/mol. The first-order valence-electron chi connectivity index (χ1n) is 9.00. The summed E-state index contributed by atoms with van der Waals surface area (Å²) < 4.78 is 5.47.